The molecule has 1 unspecified atom stereocenters. The third kappa shape index (κ3) is 5.52. The molecule has 0 aliphatic carbocycles. The van der Waals surface area contributed by atoms with Crippen LogP contribution in [0, 0.1) is 5.92 Å². The lowest BCUT2D eigenvalue weighted by Gasteiger charge is -2.20. The summed E-state index contributed by atoms with van der Waals surface area (Å²) in [5, 5.41) is 9.55. The standard InChI is InChI=1S/C19H28N4O2/c1-12(2)10-21-19(25)23-17(18(24)22-13(3)4)9-14-11-20-16-8-6-5-7-15(14)16/h5-8,11-13,17,20H,9-10H2,1-4H3,(H,22,24)(H2,21,23,25). The lowest BCUT2D eigenvalue weighted by molar-refractivity contribution is -0.123. The second-order valence-corrected chi connectivity index (χ2v) is 7.03. The molecule has 2 aromatic rings. The molecule has 1 aromatic carbocycles. The molecule has 25 heavy (non-hydrogen) atoms. The number of carbonyl (C=O) groups excluding carboxylic acids is 2. The van der Waals surface area contributed by atoms with Crippen molar-refractivity contribution in [3.05, 3.63) is 36.0 Å². The van der Waals surface area contributed by atoms with Crippen LogP contribution in [0.3, 0.4) is 0 Å². The zero-order valence-corrected chi connectivity index (χ0v) is 15.3. The second-order valence-electron chi connectivity index (χ2n) is 7.03. The number of hydrogen-bond donors (Lipinski definition) is 4. The molecule has 4 N–H and O–H groups in total. The summed E-state index contributed by atoms with van der Waals surface area (Å²) in [4.78, 5) is 27.9. The van der Waals surface area contributed by atoms with E-state index in [1.54, 1.807) is 0 Å². The Bertz CT molecular complexity index is 721. The molecule has 0 radical (unpaired) electrons. The van der Waals surface area contributed by atoms with Gasteiger partial charge in [0, 0.05) is 36.1 Å². The molecule has 1 heterocycles. The molecule has 0 spiro atoms. The van der Waals surface area contributed by atoms with Crippen LogP contribution in [0.4, 0.5) is 4.79 Å². The summed E-state index contributed by atoms with van der Waals surface area (Å²) in [5.41, 5.74) is 2.02. The fraction of sp³-hybridized carbons (Fsp3) is 0.474. The smallest absolute Gasteiger partial charge is 0.315 e. The highest BCUT2D eigenvalue weighted by molar-refractivity contribution is 5.89. The fourth-order valence-corrected chi connectivity index (χ4v) is 2.62. The number of H-pyrrole nitrogens is 1. The van der Waals surface area contributed by atoms with Gasteiger partial charge < -0.3 is 20.9 Å². The van der Waals surface area contributed by atoms with Crippen molar-refractivity contribution in [2.75, 3.05) is 6.54 Å². The number of rotatable bonds is 7. The van der Waals surface area contributed by atoms with E-state index < -0.39 is 6.04 Å². The van der Waals surface area contributed by atoms with Crippen molar-refractivity contribution in [2.45, 2.75) is 46.2 Å². The number of para-hydroxylation sites is 1. The summed E-state index contributed by atoms with van der Waals surface area (Å²) >= 11 is 0. The Labute approximate surface area is 148 Å². The zero-order valence-electron chi connectivity index (χ0n) is 15.3. The number of hydrogen-bond acceptors (Lipinski definition) is 2. The highest BCUT2D eigenvalue weighted by Gasteiger charge is 2.23. The van der Waals surface area contributed by atoms with E-state index in [1.165, 1.54) is 0 Å². The van der Waals surface area contributed by atoms with Crippen LogP contribution in [0.1, 0.15) is 33.3 Å². The number of benzene rings is 1. The summed E-state index contributed by atoms with van der Waals surface area (Å²) in [6.45, 7) is 8.42. The van der Waals surface area contributed by atoms with Crippen molar-refractivity contribution in [1.82, 2.24) is 20.9 Å². The van der Waals surface area contributed by atoms with Gasteiger partial charge in [-0.1, -0.05) is 32.0 Å². The second kappa shape index (κ2) is 8.55. The number of aromatic nitrogens is 1. The molecule has 0 saturated heterocycles. The molecule has 1 aromatic heterocycles. The Kier molecular flexibility index (Phi) is 6.44. The van der Waals surface area contributed by atoms with Crippen LogP contribution < -0.4 is 16.0 Å². The van der Waals surface area contributed by atoms with E-state index in [9.17, 15) is 9.59 Å². The van der Waals surface area contributed by atoms with Gasteiger partial charge in [0.05, 0.1) is 0 Å². The van der Waals surface area contributed by atoms with Crippen molar-refractivity contribution in [3.63, 3.8) is 0 Å². The van der Waals surface area contributed by atoms with Gasteiger partial charge in [-0.05, 0) is 31.4 Å². The van der Waals surface area contributed by atoms with Crippen molar-refractivity contribution in [1.29, 1.82) is 0 Å². The van der Waals surface area contributed by atoms with Crippen LogP contribution in [0.15, 0.2) is 30.5 Å². The molecule has 0 aliphatic heterocycles. The van der Waals surface area contributed by atoms with Crippen LogP contribution in [0.5, 0.6) is 0 Å². The predicted octanol–water partition coefficient (Wildman–Crippen LogP) is 2.56. The van der Waals surface area contributed by atoms with Crippen LogP contribution in [-0.2, 0) is 11.2 Å². The van der Waals surface area contributed by atoms with Gasteiger partial charge in [0.15, 0.2) is 0 Å². The third-order valence-electron chi connectivity index (χ3n) is 3.82. The monoisotopic (exact) mass is 344 g/mol. The molecule has 136 valence electrons. The first-order valence-corrected chi connectivity index (χ1v) is 8.76. The SMILES string of the molecule is CC(C)CNC(=O)NC(Cc1c[nH]c2ccccc12)C(=O)NC(C)C. The third-order valence-corrected chi connectivity index (χ3v) is 3.82. The highest BCUT2D eigenvalue weighted by atomic mass is 16.2. The maximum absolute atomic E-state index is 12.5. The summed E-state index contributed by atoms with van der Waals surface area (Å²) in [6, 6.07) is 6.99. The number of urea groups is 1. The molecule has 3 amide bonds. The van der Waals surface area contributed by atoms with Gasteiger partial charge in [0.1, 0.15) is 6.04 Å². The molecule has 0 aliphatic rings. The van der Waals surface area contributed by atoms with E-state index in [0.717, 1.165) is 16.5 Å². The normalized spacial score (nSPS) is 12.4. The number of fused-ring (bicyclic) bond motifs is 1. The van der Waals surface area contributed by atoms with Crippen LogP contribution in [0.25, 0.3) is 10.9 Å². The average Bonchev–Trinajstić information content (AvgIpc) is 2.95. The summed E-state index contributed by atoms with van der Waals surface area (Å²) in [6.07, 6.45) is 2.33. The van der Waals surface area contributed by atoms with E-state index in [2.05, 4.69) is 20.9 Å². The average molecular weight is 344 g/mol. The Morgan fingerprint density at radius 3 is 2.48 bits per heavy atom. The van der Waals surface area contributed by atoms with Gasteiger partial charge >= 0.3 is 6.03 Å². The molecule has 6 heteroatoms. The molecule has 0 fully saturated rings. The van der Waals surface area contributed by atoms with E-state index in [1.807, 2.05) is 58.2 Å². The molecule has 1 atom stereocenters. The number of nitrogens with one attached hydrogen (secondary N) is 4. The fourth-order valence-electron chi connectivity index (χ4n) is 2.62. The number of amides is 3. The van der Waals surface area contributed by atoms with Gasteiger partial charge in [0.2, 0.25) is 5.91 Å². The Balaban J connectivity index is 2.13. The molecular formula is C19H28N4O2. The summed E-state index contributed by atoms with van der Waals surface area (Å²) in [7, 11) is 0. The van der Waals surface area contributed by atoms with Gasteiger partial charge in [-0.3, -0.25) is 4.79 Å². The lowest BCUT2D eigenvalue weighted by Crippen LogP contribution is -2.52. The maximum Gasteiger partial charge on any atom is 0.315 e. The van der Waals surface area contributed by atoms with Gasteiger partial charge in [0.25, 0.3) is 0 Å². The molecule has 6 nitrogen and oxygen atoms in total. The quantitative estimate of drug-likeness (QED) is 0.622. The minimum absolute atomic E-state index is 0.0125. The van der Waals surface area contributed by atoms with E-state index in [-0.39, 0.29) is 18.0 Å². The molecular weight excluding hydrogens is 316 g/mol. The number of carbonyl (C=O) groups is 2. The Morgan fingerprint density at radius 1 is 1.08 bits per heavy atom. The van der Waals surface area contributed by atoms with Crippen LogP contribution in [0.2, 0.25) is 0 Å². The lowest BCUT2D eigenvalue weighted by atomic mass is 10.0. The van der Waals surface area contributed by atoms with Gasteiger partial charge in [-0.2, -0.15) is 0 Å². The van der Waals surface area contributed by atoms with Crippen molar-refractivity contribution >= 4 is 22.8 Å². The molecule has 0 saturated carbocycles. The first kappa shape index (κ1) is 18.8. The number of aromatic amines is 1. The topological polar surface area (TPSA) is 86.0 Å². The summed E-state index contributed by atoms with van der Waals surface area (Å²) in [5.74, 6) is 0.169. The van der Waals surface area contributed by atoms with Crippen molar-refractivity contribution < 1.29 is 9.59 Å². The van der Waals surface area contributed by atoms with Gasteiger partial charge in [-0.25, -0.2) is 4.79 Å². The van der Waals surface area contributed by atoms with Gasteiger partial charge in [-0.15, -0.1) is 0 Å². The zero-order chi connectivity index (χ0) is 18.4. The Morgan fingerprint density at radius 2 is 1.80 bits per heavy atom. The first-order chi connectivity index (χ1) is 11.9. The first-order valence-electron chi connectivity index (χ1n) is 8.76. The predicted molar refractivity (Wildman–Crippen MR) is 100 cm³/mol. The molecule has 2 rings (SSSR count). The van der Waals surface area contributed by atoms with Crippen molar-refractivity contribution in [2.24, 2.45) is 5.92 Å². The minimum Gasteiger partial charge on any atom is -0.361 e. The largest absolute Gasteiger partial charge is 0.361 e. The van der Waals surface area contributed by atoms with E-state index >= 15 is 0 Å². The highest BCUT2D eigenvalue weighted by Crippen LogP contribution is 2.19. The summed E-state index contributed by atoms with van der Waals surface area (Å²) < 4.78 is 0. The van der Waals surface area contributed by atoms with E-state index in [4.69, 9.17) is 0 Å². The minimum atomic E-state index is -0.631. The van der Waals surface area contributed by atoms with Crippen LogP contribution >= 0.6 is 0 Å². The maximum atomic E-state index is 12.5. The Hall–Kier alpha value is -2.50. The van der Waals surface area contributed by atoms with Crippen LogP contribution in [-0.4, -0.2) is 35.6 Å². The molecule has 0 bridgehead atoms. The van der Waals surface area contributed by atoms with E-state index in [0.29, 0.717) is 18.9 Å². The van der Waals surface area contributed by atoms with Crippen molar-refractivity contribution in [3.8, 4) is 0 Å².